The number of carbonyl (C=O) groups is 2. The summed E-state index contributed by atoms with van der Waals surface area (Å²) in [6, 6.07) is 0. The van der Waals surface area contributed by atoms with Gasteiger partial charge in [-0.15, -0.1) is 0 Å². The van der Waals surface area contributed by atoms with Gasteiger partial charge in [0.05, 0.1) is 5.57 Å². The Morgan fingerprint density at radius 1 is 1.08 bits per heavy atom. The van der Waals surface area contributed by atoms with Crippen LogP contribution in [0.3, 0.4) is 0 Å². The summed E-state index contributed by atoms with van der Waals surface area (Å²) in [6.45, 7) is 5.81. The molecule has 1 spiro atoms. The fraction of sp³-hybridized carbons (Fsp3) is 0.800. The molecule has 0 aromatic carbocycles. The first kappa shape index (κ1) is 18.4. The second kappa shape index (κ2) is 8.35. The van der Waals surface area contributed by atoms with Crippen LogP contribution in [0.15, 0.2) is 11.1 Å². The number of carbonyl (C=O) groups excluding carboxylic acids is 2. The molecule has 1 N–H and O–H groups in total. The van der Waals surface area contributed by atoms with Crippen LogP contribution in [0, 0.1) is 0 Å². The molecule has 2 heterocycles. The van der Waals surface area contributed by atoms with E-state index in [0.29, 0.717) is 17.7 Å². The maximum Gasteiger partial charge on any atom is 0.335 e. The zero-order valence-electron chi connectivity index (χ0n) is 15.6. The molecule has 1 saturated heterocycles. The standard InChI is InChI=1S/C20H32N2O3/c1-16-17(20(25-19(16)24)10-5-2-3-6-11-20)18(23)21-12-9-15-22-13-7-4-8-14-22/h2-15H2,1H3,(H,21,23). The Balaban J connectivity index is 1.56. The zero-order chi connectivity index (χ0) is 17.7. The lowest BCUT2D eigenvalue weighted by Crippen LogP contribution is -2.40. The predicted molar refractivity (Wildman–Crippen MR) is 97.1 cm³/mol. The highest BCUT2D eigenvalue weighted by molar-refractivity contribution is 6.07. The van der Waals surface area contributed by atoms with Gasteiger partial charge in [0.2, 0.25) is 0 Å². The molecular weight excluding hydrogens is 316 g/mol. The first-order valence-electron chi connectivity index (χ1n) is 10.1. The van der Waals surface area contributed by atoms with E-state index in [-0.39, 0.29) is 11.9 Å². The van der Waals surface area contributed by atoms with Gasteiger partial charge in [-0.05, 0) is 71.5 Å². The first-order chi connectivity index (χ1) is 12.1. The van der Waals surface area contributed by atoms with E-state index in [4.69, 9.17) is 4.74 Å². The molecule has 1 aliphatic carbocycles. The van der Waals surface area contributed by atoms with Crippen LogP contribution in [0.2, 0.25) is 0 Å². The molecule has 0 unspecified atom stereocenters. The van der Waals surface area contributed by atoms with Gasteiger partial charge in [-0.1, -0.05) is 19.3 Å². The maximum absolute atomic E-state index is 12.8. The number of likely N-dealkylation sites (tertiary alicyclic amines) is 1. The van der Waals surface area contributed by atoms with Gasteiger partial charge in [0.15, 0.2) is 0 Å². The lowest BCUT2D eigenvalue weighted by atomic mass is 9.84. The van der Waals surface area contributed by atoms with Gasteiger partial charge < -0.3 is 15.0 Å². The van der Waals surface area contributed by atoms with Crippen molar-refractivity contribution in [3.05, 3.63) is 11.1 Å². The van der Waals surface area contributed by atoms with E-state index in [9.17, 15) is 9.59 Å². The van der Waals surface area contributed by atoms with Crippen molar-refractivity contribution >= 4 is 11.9 Å². The summed E-state index contributed by atoms with van der Waals surface area (Å²) < 4.78 is 5.74. The third-order valence-electron chi connectivity index (χ3n) is 5.95. The van der Waals surface area contributed by atoms with Crippen LogP contribution in [0.5, 0.6) is 0 Å². The lowest BCUT2D eigenvalue weighted by molar-refractivity contribution is -0.148. The van der Waals surface area contributed by atoms with Crippen LogP contribution in [-0.4, -0.2) is 48.6 Å². The van der Waals surface area contributed by atoms with E-state index in [0.717, 1.165) is 51.5 Å². The molecule has 5 nitrogen and oxygen atoms in total. The van der Waals surface area contributed by atoms with Gasteiger partial charge in [0.1, 0.15) is 5.60 Å². The van der Waals surface area contributed by atoms with Crippen molar-refractivity contribution in [3.63, 3.8) is 0 Å². The third kappa shape index (κ3) is 4.25. The number of esters is 1. The van der Waals surface area contributed by atoms with Crippen LogP contribution in [0.1, 0.15) is 71.1 Å². The SMILES string of the molecule is CC1=C(C(=O)NCCCN2CCCCC2)C2(CCCCCC2)OC1=O. The zero-order valence-corrected chi connectivity index (χ0v) is 15.6. The number of nitrogens with one attached hydrogen (secondary N) is 1. The second-order valence-corrected chi connectivity index (χ2v) is 7.81. The summed E-state index contributed by atoms with van der Waals surface area (Å²) >= 11 is 0. The van der Waals surface area contributed by atoms with Crippen LogP contribution >= 0.6 is 0 Å². The Kier molecular flexibility index (Phi) is 6.15. The van der Waals surface area contributed by atoms with Crippen molar-refractivity contribution < 1.29 is 14.3 Å². The molecule has 140 valence electrons. The third-order valence-corrected chi connectivity index (χ3v) is 5.95. The minimum Gasteiger partial charge on any atom is -0.451 e. The largest absolute Gasteiger partial charge is 0.451 e. The molecule has 0 aromatic rings. The number of amides is 1. The molecule has 2 fully saturated rings. The van der Waals surface area contributed by atoms with Gasteiger partial charge >= 0.3 is 5.97 Å². The minimum absolute atomic E-state index is 0.0936. The summed E-state index contributed by atoms with van der Waals surface area (Å²) in [5.74, 6) is -0.399. The van der Waals surface area contributed by atoms with E-state index >= 15 is 0 Å². The minimum atomic E-state index is -0.658. The van der Waals surface area contributed by atoms with Gasteiger partial charge in [-0.2, -0.15) is 0 Å². The van der Waals surface area contributed by atoms with Crippen molar-refractivity contribution in [2.24, 2.45) is 0 Å². The van der Waals surface area contributed by atoms with Crippen LogP contribution in [0.25, 0.3) is 0 Å². The number of ether oxygens (including phenoxy) is 1. The Morgan fingerprint density at radius 3 is 2.40 bits per heavy atom. The second-order valence-electron chi connectivity index (χ2n) is 7.81. The van der Waals surface area contributed by atoms with Gasteiger partial charge in [0, 0.05) is 12.1 Å². The van der Waals surface area contributed by atoms with Gasteiger partial charge in [-0.25, -0.2) is 4.79 Å². The molecule has 1 amide bonds. The summed E-state index contributed by atoms with van der Waals surface area (Å²) in [4.78, 5) is 27.4. The fourth-order valence-electron chi connectivity index (χ4n) is 4.55. The Bertz CT molecular complexity index is 527. The molecule has 5 heteroatoms. The Morgan fingerprint density at radius 2 is 1.72 bits per heavy atom. The molecule has 3 aliphatic rings. The molecule has 0 atom stereocenters. The molecule has 0 bridgehead atoms. The Hall–Kier alpha value is -1.36. The number of nitrogens with zero attached hydrogens (tertiary/aromatic N) is 1. The summed E-state index contributed by atoms with van der Waals surface area (Å²) in [5.41, 5.74) is 0.460. The van der Waals surface area contributed by atoms with Gasteiger partial charge in [-0.3, -0.25) is 4.79 Å². The highest BCUT2D eigenvalue weighted by atomic mass is 16.6. The number of piperidine rings is 1. The molecule has 3 rings (SSSR count). The van der Waals surface area contributed by atoms with E-state index in [1.165, 1.54) is 32.4 Å². The molecule has 0 aromatic heterocycles. The maximum atomic E-state index is 12.8. The van der Waals surface area contributed by atoms with E-state index < -0.39 is 5.60 Å². The molecular formula is C20H32N2O3. The van der Waals surface area contributed by atoms with Crippen molar-refractivity contribution in [2.45, 2.75) is 76.7 Å². The topological polar surface area (TPSA) is 58.6 Å². The average Bonchev–Trinajstić information content (AvgIpc) is 2.76. The van der Waals surface area contributed by atoms with Crippen LogP contribution < -0.4 is 5.32 Å². The highest BCUT2D eigenvalue weighted by Gasteiger charge is 2.48. The van der Waals surface area contributed by atoms with E-state index in [1.54, 1.807) is 6.92 Å². The van der Waals surface area contributed by atoms with E-state index in [2.05, 4.69) is 10.2 Å². The molecule has 1 saturated carbocycles. The number of hydrogen-bond donors (Lipinski definition) is 1. The normalized spacial score (nSPS) is 24.3. The summed E-state index contributed by atoms with van der Waals surface area (Å²) in [6.07, 6.45) is 10.8. The highest BCUT2D eigenvalue weighted by Crippen LogP contribution is 2.42. The number of hydrogen-bond acceptors (Lipinski definition) is 4. The molecule has 25 heavy (non-hydrogen) atoms. The summed E-state index contributed by atoms with van der Waals surface area (Å²) in [5, 5.41) is 3.05. The monoisotopic (exact) mass is 348 g/mol. The Labute approximate surface area is 151 Å². The van der Waals surface area contributed by atoms with Gasteiger partial charge in [0.25, 0.3) is 5.91 Å². The van der Waals surface area contributed by atoms with E-state index in [1.807, 2.05) is 0 Å². The summed E-state index contributed by atoms with van der Waals surface area (Å²) in [7, 11) is 0. The predicted octanol–water partition coefficient (Wildman–Crippen LogP) is 2.94. The van der Waals surface area contributed by atoms with Crippen molar-refractivity contribution in [1.29, 1.82) is 0 Å². The quantitative estimate of drug-likeness (QED) is 0.613. The average molecular weight is 348 g/mol. The van der Waals surface area contributed by atoms with Crippen molar-refractivity contribution in [1.82, 2.24) is 10.2 Å². The van der Waals surface area contributed by atoms with Crippen molar-refractivity contribution in [3.8, 4) is 0 Å². The lowest BCUT2D eigenvalue weighted by Gasteiger charge is -2.29. The smallest absolute Gasteiger partial charge is 0.335 e. The molecule has 0 radical (unpaired) electrons. The number of rotatable bonds is 5. The molecule has 2 aliphatic heterocycles. The fourth-order valence-corrected chi connectivity index (χ4v) is 4.55. The first-order valence-corrected chi connectivity index (χ1v) is 10.1. The van der Waals surface area contributed by atoms with Crippen LogP contribution in [0.4, 0.5) is 0 Å². The van der Waals surface area contributed by atoms with Crippen LogP contribution in [-0.2, 0) is 14.3 Å². The van der Waals surface area contributed by atoms with Crippen molar-refractivity contribution in [2.75, 3.05) is 26.2 Å².